The molecule has 0 fully saturated rings. The second-order valence-electron chi connectivity index (χ2n) is 9.27. The van der Waals surface area contributed by atoms with Gasteiger partial charge < -0.3 is 20.5 Å². The number of alkyl carbamates (subject to hydrolysis) is 1. The Morgan fingerprint density at radius 2 is 1.60 bits per heavy atom. The molecule has 190 valence electrons. The largest absolute Gasteiger partial charge is 0.445 e. The summed E-state index contributed by atoms with van der Waals surface area (Å²) in [6.45, 7) is 7.70. The lowest BCUT2D eigenvalue weighted by Crippen LogP contribution is -2.51. The van der Waals surface area contributed by atoms with Gasteiger partial charge in [-0.1, -0.05) is 67.6 Å². The van der Waals surface area contributed by atoms with Crippen molar-refractivity contribution in [2.24, 2.45) is 5.73 Å². The third-order valence-electron chi connectivity index (χ3n) is 5.31. The minimum atomic E-state index is -0.905. The topological polar surface area (TPSA) is 111 Å². The van der Waals surface area contributed by atoms with Gasteiger partial charge in [-0.2, -0.15) is 0 Å². The number of benzene rings is 2. The first-order valence-corrected chi connectivity index (χ1v) is 11.9. The maximum atomic E-state index is 13.2. The van der Waals surface area contributed by atoms with Gasteiger partial charge in [0.15, 0.2) is 0 Å². The van der Waals surface area contributed by atoms with Crippen LogP contribution in [0.3, 0.4) is 0 Å². The summed E-state index contributed by atoms with van der Waals surface area (Å²) in [7, 11) is 0. The Morgan fingerprint density at radius 1 is 1.00 bits per heavy atom. The lowest BCUT2D eigenvalue weighted by Gasteiger charge is -2.37. The zero-order valence-electron chi connectivity index (χ0n) is 21.0. The second kappa shape index (κ2) is 13.4. The van der Waals surface area contributed by atoms with Crippen molar-refractivity contribution in [3.63, 3.8) is 0 Å². The lowest BCUT2D eigenvalue weighted by molar-refractivity contribution is -0.124. The third kappa shape index (κ3) is 9.31. The zero-order valence-corrected chi connectivity index (χ0v) is 21.0. The highest BCUT2D eigenvalue weighted by Crippen LogP contribution is 2.29. The quantitative estimate of drug-likeness (QED) is 0.440. The molecular weight excluding hydrogens is 446 g/mol. The van der Waals surface area contributed by atoms with Crippen LogP contribution in [-0.4, -0.2) is 41.2 Å². The molecule has 0 radical (unpaired) electrons. The van der Waals surface area contributed by atoms with E-state index in [0.717, 1.165) is 11.1 Å². The summed E-state index contributed by atoms with van der Waals surface area (Å²) >= 11 is 0. The first-order chi connectivity index (χ1) is 16.6. The van der Waals surface area contributed by atoms with Crippen LogP contribution >= 0.6 is 0 Å². The van der Waals surface area contributed by atoms with Crippen LogP contribution in [-0.2, 0) is 20.9 Å². The van der Waals surface area contributed by atoms with Gasteiger partial charge >= 0.3 is 12.2 Å². The molecule has 0 aliphatic carbocycles. The van der Waals surface area contributed by atoms with Gasteiger partial charge in [0.25, 0.3) is 0 Å². The van der Waals surface area contributed by atoms with Gasteiger partial charge in [-0.3, -0.25) is 9.69 Å². The molecule has 0 saturated carbocycles. The van der Waals surface area contributed by atoms with Gasteiger partial charge in [0.2, 0.25) is 5.91 Å². The van der Waals surface area contributed by atoms with E-state index >= 15 is 0 Å². The van der Waals surface area contributed by atoms with Crippen LogP contribution in [0, 0.1) is 0 Å². The molecule has 3 N–H and O–H groups in total. The van der Waals surface area contributed by atoms with E-state index in [1.54, 1.807) is 20.8 Å². The normalized spacial score (nSPS) is 12.8. The van der Waals surface area contributed by atoms with E-state index in [4.69, 9.17) is 15.2 Å². The fraction of sp³-hybridized carbons (Fsp3) is 0.444. The lowest BCUT2D eigenvalue weighted by atomic mass is 9.99. The minimum absolute atomic E-state index is 0.165. The van der Waals surface area contributed by atoms with Crippen molar-refractivity contribution in [1.82, 2.24) is 10.2 Å². The highest BCUT2D eigenvalue weighted by atomic mass is 16.6. The van der Waals surface area contributed by atoms with E-state index in [0.29, 0.717) is 12.8 Å². The number of nitrogens with one attached hydrogen (secondary N) is 1. The zero-order chi connectivity index (χ0) is 25.8. The molecule has 0 bridgehead atoms. The Kier molecular flexibility index (Phi) is 10.6. The highest BCUT2D eigenvalue weighted by Gasteiger charge is 2.36. The number of nitrogens with two attached hydrogens (primary N) is 1. The number of hydrogen-bond acceptors (Lipinski definition) is 5. The number of ether oxygens (including phenoxy) is 2. The molecule has 0 heterocycles. The van der Waals surface area contributed by atoms with Crippen molar-refractivity contribution in [2.75, 3.05) is 6.54 Å². The van der Waals surface area contributed by atoms with E-state index < -0.39 is 35.8 Å². The Balaban J connectivity index is 2.06. The number of carbonyl (C=O) groups is 3. The summed E-state index contributed by atoms with van der Waals surface area (Å²) in [5.74, 6) is -0.628. The minimum Gasteiger partial charge on any atom is -0.445 e. The number of rotatable bonds is 11. The van der Waals surface area contributed by atoms with E-state index in [9.17, 15) is 14.4 Å². The van der Waals surface area contributed by atoms with Gasteiger partial charge in [0.05, 0.1) is 6.04 Å². The molecule has 0 saturated heterocycles. The molecule has 8 heteroatoms. The van der Waals surface area contributed by atoms with Crippen LogP contribution in [0.4, 0.5) is 9.59 Å². The number of nitrogens with zero attached hydrogens (tertiary/aromatic N) is 1. The molecule has 0 aromatic heterocycles. The number of hydrogen-bond donors (Lipinski definition) is 2. The van der Waals surface area contributed by atoms with E-state index in [1.165, 1.54) is 4.90 Å². The van der Waals surface area contributed by atoms with E-state index in [1.807, 2.05) is 67.6 Å². The Morgan fingerprint density at radius 3 is 2.14 bits per heavy atom. The molecule has 2 aromatic carbocycles. The molecule has 0 spiro atoms. The predicted octanol–water partition coefficient (Wildman–Crippen LogP) is 4.94. The number of carbonyl (C=O) groups excluding carboxylic acids is 3. The maximum absolute atomic E-state index is 13.2. The molecule has 8 nitrogen and oxygen atoms in total. The van der Waals surface area contributed by atoms with Crippen molar-refractivity contribution in [3.05, 3.63) is 71.8 Å². The fourth-order valence-electron chi connectivity index (χ4n) is 3.73. The van der Waals surface area contributed by atoms with Crippen molar-refractivity contribution in [1.29, 1.82) is 0 Å². The third-order valence-corrected chi connectivity index (χ3v) is 5.31. The average Bonchev–Trinajstić information content (AvgIpc) is 2.81. The van der Waals surface area contributed by atoms with Crippen LogP contribution in [0.2, 0.25) is 0 Å². The first-order valence-electron chi connectivity index (χ1n) is 11.9. The van der Waals surface area contributed by atoms with Crippen LogP contribution in [0.25, 0.3) is 0 Å². The van der Waals surface area contributed by atoms with Crippen LogP contribution < -0.4 is 11.1 Å². The highest BCUT2D eigenvalue weighted by molar-refractivity contribution is 5.84. The molecule has 35 heavy (non-hydrogen) atoms. The Labute approximate surface area is 207 Å². The monoisotopic (exact) mass is 483 g/mol. The van der Waals surface area contributed by atoms with Crippen LogP contribution in [0.1, 0.15) is 64.1 Å². The summed E-state index contributed by atoms with van der Waals surface area (Å²) in [4.78, 5) is 39.2. The Hall–Kier alpha value is -3.55. The molecule has 2 rings (SSSR count). The summed E-state index contributed by atoms with van der Waals surface area (Å²) in [5.41, 5.74) is 6.79. The molecule has 0 unspecified atom stereocenters. The smallest absolute Gasteiger partial charge is 0.411 e. The van der Waals surface area contributed by atoms with Gasteiger partial charge in [-0.05, 0) is 51.2 Å². The van der Waals surface area contributed by atoms with E-state index in [2.05, 4.69) is 5.32 Å². The summed E-state index contributed by atoms with van der Waals surface area (Å²) in [6, 6.07) is 17.5. The summed E-state index contributed by atoms with van der Waals surface area (Å²) in [5, 5.41) is 2.68. The van der Waals surface area contributed by atoms with Crippen molar-refractivity contribution in [2.45, 2.75) is 71.2 Å². The second-order valence-corrected chi connectivity index (χ2v) is 9.27. The van der Waals surface area contributed by atoms with Crippen molar-refractivity contribution in [3.8, 4) is 0 Å². The van der Waals surface area contributed by atoms with Gasteiger partial charge in [-0.15, -0.1) is 0 Å². The summed E-state index contributed by atoms with van der Waals surface area (Å²) < 4.78 is 10.9. The maximum Gasteiger partial charge on any atom is 0.411 e. The average molecular weight is 484 g/mol. The van der Waals surface area contributed by atoms with Crippen molar-refractivity contribution < 1.29 is 23.9 Å². The number of primary amides is 1. The van der Waals surface area contributed by atoms with Gasteiger partial charge in [0, 0.05) is 6.54 Å². The molecule has 2 aromatic rings. The molecule has 2 atom stereocenters. The fourth-order valence-corrected chi connectivity index (χ4v) is 3.73. The molecule has 0 aliphatic heterocycles. The van der Waals surface area contributed by atoms with Crippen LogP contribution in [0.5, 0.6) is 0 Å². The van der Waals surface area contributed by atoms with Crippen molar-refractivity contribution >= 4 is 18.1 Å². The van der Waals surface area contributed by atoms with E-state index in [-0.39, 0.29) is 19.6 Å². The number of amides is 3. The van der Waals surface area contributed by atoms with Gasteiger partial charge in [-0.25, -0.2) is 9.59 Å². The molecule has 0 aliphatic rings. The summed E-state index contributed by atoms with van der Waals surface area (Å²) in [6.07, 6.45) is 0.0865. The van der Waals surface area contributed by atoms with Gasteiger partial charge in [0.1, 0.15) is 18.2 Å². The Bertz CT molecular complexity index is 944. The SMILES string of the molecule is CC[C@H](c1ccccc1)N(C(=O)OC(C)(C)C)[C@H](CCCNC(=O)OCc1ccccc1)C(N)=O. The predicted molar refractivity (Wildman–Crippen MR) is 134 cm³/mol. The standard InChI is InChI=1S/C27H37N3O5/c1-5-22(21-15-10-7-11-16-21)30(26(33)35-27(2,3)4)23(24(28)31)17-12-18-29-25(32)34-19-20-13-8-6-9-14-20/h6-11,13-16,22-23H,5,12,17-19H2,1-4H3,(H2,28,31)(H,29,32)/t22-,23-/m1/s1. The molecule has 3 amide bonds. The molecular formula is C27H37N3O5. The van der Waals surface area contributed by atoms with Crippen LogP contribution in [0.15, 0.2) is 60.7 Å². The first kappa shape index (κ1) is 27.7.